The van der Waals surface area contributed by atoms with Crippen LogP contribution in [0, 0.1) is 0 Å². The highest BCUT2D eigenvalue weighted by Gasteiger charge is 2.52. The number of esters is 1. The Bertz CT molecular complexity index is 972. The Kier molecular flexibility index (Phi) is 8.48. The molecule has 1 amide bonds. The number of hydrogen-bond acceptors (Lipinski definition) is 8. The highest BCUT2D eigenvalue weighted by atomic mass is 16.8. The summed E-state index contributed by atoms with van der Waals surface area (Å²) in [7, 11) is 1.29. The van der Waals surface area contributed by atoms with E-state index in [-0.39, 0.29) is 19.1 Å². The summed E-state index contributed by atoms with van der Waals surface area (Å²) in [6.45, 7) is 3.47. The number of hydrogen-bond donors (Lipinski definition) is 1. The highest BCUT2D eigenvalue weighted by Crippen LogP contribution is 2.36. The van der Waals surface area contributed by atoms with Crippen LogP contribution in [0.5, 0.6) is 0 Å². The highest BCUT2D eigenvalue weighted by molar-refractivity contribution is 5.74. The van der Waals surface area contributed by atoms with E-state index in [0.717, 1.165) is 11.1 Å². The molecule has 0 aromatic heterocycles. The smallest absolute Gasteiger partial charge is 0.334 e. The monoisotopic (exact) mass is 485 g/mol. The summed E-state index contributed by atoms with van der Waals surface area (Å²) in [5.74, 6) is -0.834. The van der Waals surface area contributed by atoms with E-state index < -0.39 is 49.0 Å². The predicted molar refractivity (Wildman–Crippen MR) is 124 cm³/mol. The van der Waals surface area contributed by atoms with Crippen LogP contribution >= 0.6 is 0 Å². The van der Waals surface area contributed by atoms with Gasteiger partial charge in [-0.15, -0.1) is 0 Å². The fourth-order valence-corrected chi connectivity index (χ4v) is 4.25. The Morgan fingerprint density at radius 1 is 1.06 bits per heavy atom. The van der Waals surface area contributed by atoms with Crippen LogP contribution in [-0.4, -0.2) is 62.3 Å². The molecule has 2 aliphatic rings. The van der Waals surface area contributed by atoms with Gasteiger partial charge in [0.1, 0.15) is 24.4 Å². The SMILES string of the molecule is COC(=O)[C@H](C)OC1C(NC(C)=O)[C@@H](OCc2ccccc2)OC2COC(c3ccccc3)O[C@H]21. The summed E-state index contributed by atoms with van der Waals surface area (Å²) < 4.78 is 35.6. The predicted octanol–water partition coefficient (Wildman–Crippen LogP) is 2.49. The number of methoxy groups -OCH3 is 1. The van der Waals surface area contributed by atoms with Gasteiger partial charge in [-0.25, -0.2) is 4.79 Å². The molecule has 7 atom stereocenters. The zero-order valence-electron chi connectivity index (χ0n) is 20.0. The summed E-state index contributed by atoms with van der Waals surface area (Å²) in [6, 6.07) is 18.4. The Hall–Kier alpha value is -2.82. The van der Waals surface area contributed by atoms with Gasteiger partial charge in [0.05, 0.1) is 20.3 Å². The molecular weight excluding hydrogens is 454 g/mol. The Morgan fingerprint density at radius 2 is 1.74 bits per heavy atom. The van der Waals surface area contributed by atoms with Gasteiger partial charge in [-0.2, -0.15) is 0 Å². The van der Waals surface area contributed by atoms with E-state index in [1.807, 2.05) is 60.7 Å². The van der Waals surface area contributed by atoms with Crippen molar-refractivity contribution < 1.29 is 38.0 Å². The van der Waals surface area contributed by atoms with E-state index in [0.29, 0.717) is 0 Å². The van der Waals surface area contributed by atoms with Gasteiger partial charge in [0.25, 0.3) is 0 Å². The van der Waals surface area contributed by atoms with Crippen LogP contribution in [0.25, 0.3) is 0 Å². The van der Waals surface area contributed by atoms with Gasteiger partial charge in [-0.3, -0.25) is 4.79 Å². The van der Waals surface area contributed by atoms with Gasteiger partial charge in [0.2, 0.25) is 5.91 Å². The first-order chi connectivity index (χ1) is 17.0. The van der Waals surface area contributed by atoms with Crippen molar-refractivity contribution in [3.05, 3.63) is 71.8 Å². The van der Waals surface area contributed by atoms with Gasteiger partial charge < -0.3 is 33.7 Å². The van der Waals surface area contributed by atoms with Crippen LogP contribution in [0.4, 0.5) is 0 Å². The maximum Gasteiger partial charge on any atom is 0.334 e. The minimum Gasteiger partial charge on any atom is -0.467 e. The van der Waals surface area contributed by atoms with E-state index in [4.69, 9.17) is 28.4 Å². The third-order valence-electron chi connectivity index (χ3n) is 5.93. The van der Waals surface area contributed by atoms with Crippen molar-refractivity contribution in [2.75, 3.05) is 13.7 Å². The molecule has 2 aliphatic heterocycles. The lowest BCUT2D eigenvalue weighted by Gasteiger charge is -2.49. The number of rotatable bonds is 8. The average molecular weight is 486 g/mol. The average Bonchev–Trinajstić information content (AvgIpc) is 2.89. The largest absolute Gasteiger partial charge is 0.467 e. The van der Waals surface area contributed by atoms with Crippen LogP contribution in [0.3, 0.4) is 0 Å². The van der Waals surface area contributed by atoms with E-state index in [9.17, 15) is 9.59 Å². The maximum atomic E-state index is 12.2. The molecule has 35 heavy (non-hydrogen) atoms. The Morgan fingerprint density at radius 3 is 2.40 bits per heavy atom. The molecule has 2 fully saturated rings. The van der Waals surface area contributed by atoms with Crippen molar-refractivity contribution in [1.29, 1.82) is 0 Å². The van der Waals surface area contributed by atoms with Crippen LogP contribution in [0.2, 0.25) is 0 Å². The lowest BCUT2D eigenvalue weighted by molar-refractivity contribution is -0.352. The van der Waals surface area contributed by atoms with Crippen LogP contribution in [-0.2, 0) is 44.6 Å². The molecule has 2 saturated heterocycles. The van der Waals surface area contributed by atoms with E-state index in [1.165, 1.54) is 14.0 Å². The summed E-state index contributed by atoms with van der Waals surface area (Å²) in [4.78, 5) is 24.4. The zero-order valence-corrected chi connectivity index (χ0v) is 20.0. The van der Waals surface area contributed by atoms with Crippen LogP contribution < -0.4 is 5.32 Å². The number of ether oxygens (including phenoxy) is 6. The molecule has 2 aromatic carbocycles. The summed E-state index contributed by atoms with van der Waals surface area (Å²) in [5.41, 5.74) is 1.78. The second kappa shape index (κ2) is 11.7. The number of carbonyl (C=O) groups excluding carboxylic acids is 2. The summed E-state index contributed by atoms with van der Waals surface area (Å²) >= 11 is 0. The molecule has 0 bridgehead atoms. The molecule has 1 N–H and O–H groups in total. The third kappa shape index (κ3) is 6.25. The molecule has 0 saturated carbocycles. The van der Waals surface area contributed by atoms with E-state index >= 15 is 0 Å². The summed E-state index contributed by atoms with van der Waals surface area (Å²) in [6.07, 6.45) is -4.39. The first kappa shape index (κ1) is 25.3. The van der Waals surface area contributed by atoms with Crippen LogP contribution in [0.15, 0.2) is 60.7 Å². The van der Waals surface area contributed by atoms with Gasteiger partial charge in [-0.1, -0.05) is 60.7 Å². The van der Waals surface area contributed by atoms with Crippen molar-refractivity contribution in [2.24, 2.45) is 0 Å². The quantitative estimate of drug-likeness (QED) is 0.569. The number of carbonyl (C=O) groups is 2. The molecular formula is C26H31NO8. The molecule has 9 nitrogen and oxygen atoms in total. The molecule has 4 unspecified atom stereocenters. The second-order valence-electron chi connectivity index (χ2n) is 8.51. The maximum absolute atomic E-state index is 12.2. The number of amides is 1. The molecule has 0 aliphatic carbocycles. The van der Waals surface area contributed by atoms with Gasteiger partial charge in [-0.05, 0) is 12.5 Å². The summed E-state index contributed by atoms with van der Waals surface area (Å²) in [5, 5.41) is 2.88. The van der Waals surface area contributed by atoms with Crippen molar-refractivity contribution in [3.63, 3.8) is 0 Å². The minimum atomic E-state index is -0.906. The van der Waals surface area contributed by atoms with E-state index in [2.05, 4.69) is 5.32 Å². The van der Waals surface area contributed by atoms with Gasteiger partial charge >= 0.3 is 5.97 Å². The Labute approximate surface area is 204 Å². The minimum absolute atomic E-state index is 0.217. The van der Waals surface area contributed by atoms with Crippen LogP contribution in [0.1, 0.15) is 31.3 Å². The molecule has 2 aromatic rings. The first-order valence-corrected chi connectivity index (χ1v) is 11.6. The first-order valence-electron chi connectivity index (χ1n) is 11.6. The molecule has 4 rings (SSSR count). The molecule has 9 heteroatoms. The van der Waals surface area contributed by atoms with Crippen molar-refractivity contribution >= 4 is 11.9 Å². The molecule has 188 valence electrons. The molecule has 0 radical (unpaired) electrons. The molecule has 2 heterocycles. The lowest BCUT2D eigenvalue weighted by Crippen LogP contribution is -2.68. The van der Waals surface area contributed by atoms with Crippen molar-refractivity contribution in [1.82, 2.24) is 5.32 Å². The standard InChI is InChI=1S/C26H31NO8/c1-16(24(29)30-3)33-23-21(27-17(2)28)26(31-14-18-10-6-4-7-11-18)34-20-15-32-25(35-22(20)23)19-12-8-5-9-13-19/h4-13,16,20-23,25-26H,14-15H2,1-3H3,(H,27,28)/t16-,20?,21?,22+,23?,25?,26-/m0/s1. The number of benzene rings is 2. The van der Waals surface area contributed by atoms with Crippen molar-refractivity contribution in [2.45, 2.75) is 63.5 Å². The Balaban J connectivity index is 1.60. The zero-order chi connectivity index (χ0) is 24.8. The number of fused-ring (bicyclic) bond motifs is 1. The molecule has 0 spiro atoms. The fourth-order valence-electron chi connectivity index (χ4n) is 4.25. The lowest BCUT2D eigenvalue weighted by atomic mass is 9.95. The van der Waals surface area contributed by atoms with Gasteiger partial charge in [0, 0.05) is 12.5 Å². The van der Waals surface area contributed by atoms with Crippen molar-refractivity contribution in [3.8, 4) is 0 Å². The number of nitrogens with one attached hydrogen (secondary N) is 1. The second-order valence-corrected chi connectivity index (χ2v) is 8.51. The topological polar surface area (TPSA) is 102 Å². The normalized spacial score (nSPS) is 29.0. The fraction of sp³-hybridized carbons (Fsp3) is 0.462. The van der Waals surface area contributed by atoms with E-state index in [1.54, 1.807) is 6.92 Å². The van der Waals surface area contributed by atoms with Gasteiger partial charge in [0.15, 0.2) is 18.7 Å². The third-order valence-corrected chi connectivity index (χ3v) is 5.93.